The van der Waals surface area contributed by atoms with Crippen LogP contribution in [0.1, 0.15) is 10.6 Å². The maximum Gasteiger partial charge on any atom is 0.0897 e. The van der Waals surface area contributed by atoms with E-state index in [4.69, 9.17) is 14.6 Å². The Morgan fingerprint density at radius 3 is 2.85 bits per heavy atom. The zero-order chi connectivity index (χ0) is 14.8. The summed E-state index contributed by atoms with van der Waals surface area (Å²) in [5.41, 5.74) is 2.88. The minimum atomic E-state index is -0.594. The van der Waals surface area contributed by atoms with Crippen LogP contribution in [0.3, 0.4) is 0 Å². The highest BCUT2D eigenvalue weighted by atomic mass is 32.1. The van der Waals surface area contributed by atoms with E-state index in [1.807, 2.05) is 12.4 Å². The Hall–Kier alpha value is -0.570. The molecule has 0 saturated heterocycles. The van der Waals surface area contributed by atoms with Crippen molar-refractivity contribution in [1.29, 1.82) is 0 Å². The average Bonchev–Trinajstić information content (AvgIpc) is 2.85. The minimum absolute atomic E-state index is 0.0218. The van der Waals surface area contributed by atoms with Gasteiger partial charge in [0.2, 0.25) is 0 Å². The van der Waals surface area contributed by atoms with Crippen LogP contribution >= 0.6 is 11.3 Å². The Balaban J connectivity index is 2.08. The lowest BCUT2D eigenvalue weighted by molar-refractivity contribution is 0.0328. The van der Waals surface area contributed by atoms with Gasteiger partial charge >= 0.3 is 0 Å². The molecule has 2 atom stereocenters. The van der Waals surface area contributed by atoms with Crippen molar-refractivity contribution in [3.05, 3.63) is 16.1 Å². The van der Waals surface area contributed by atoms with Gasteiger partial charge in [0.25, 0.3) is 0 Å². The van der Waals surface area contributed by atoms with E-state index >= 15 is 0 Å². The Morgan fingerprint density at radius 2 is 2.25 bits per heavy atom. The summed E-state index contributed by atoms with van der Waals surface area (Å²) in [7, 11) is 1.57. The molecule has 7 heteroatoms. The molecule has 1 heterocycles. The third-order valence-corrected chi connectivity index (χ3v) is 3.85. The monoisotopic (exact) mass is 304 g/mol. The van der Waals surface area contributed by atoms with E-state index in [-0.39, 0.29) is 19.3 Å². The number of ether oxygens (including phenoxy) is 2. The molecule has 3 N–H and O–H groups in total. The zero-order valence-electron chi connectivity index (χ0n) is 12.0. The fourth-order valence-corrected chi connectivity index (χ4v) is 2.45. The second-order valence-corrected chi connectivity index (χ2v) is 5.52. The number of nitrogens with zero attached hydrogens (tertiary/aromatic N) is 1. The van der Waals surface area contributed by atoms with Crippen molar-refractivity contribution >= 4 is 11.3 Å². The largest absolute Gasteiger partial charge is 0.395 e. The van der Waals surface area contributed by atoms with E-state index in [2.05, 4.69) is 10.3 Å². The molecular formula is C13H24N2O4S. The highest BCUT2D eigenvalue weighted by Crippen LogP contribution is 2.12. The molecule has 0 aliphatic carbocycles. The number of hydrogen-bond acceptors (Lipinski definition) is 7. The second-order valence-electron chi connectivity index (χ2n) is 4.58. The molecule has 2 unspecified atom stereocenters. The van der Waals surface area contributed by atoms with E-state index in [1.54, 1.807) is 18.4 Å². The highest BCUT2D eigenvalue weighted by Gasteiger charge is 2.10. The van der Waals surface area contributed by atoms with Gasteiger partial charge in [0, 0.05) is 25.0 Å². The molecule has 1 rings (SSSR count). The number of aliphatic hydroxyl groups is 2. The van der Waals surface area contributed by atoms with Crippen LogP contribution in [0.15, 0.2) is 5.51 Å². The standard InChI is InChI=1S/C13H24N2O4S/c1-10-13(20-9-15-10)3-4-19-8-12(17)5-14-11(6-16)7-18-2/h9,11-12,14,16-17H,3-8H2,1-2H3. The molecule has 0 amide bonds. The van der Waals surface area contributed by atoms with Gasteiger partial charge < -0.3 is 25.0 Å². The van der Waals surface area contributed by atoms with Crippen molar-refractivity contribution in [2.75, 3.05) is 40.1 Å². The summed E-state index contributed by atoms with van der Waals surface area (Å²) in [6.07, 6.45) is 0.225. The molecular weight excluding hydrogens is 280 g/mol. The van der Waals surface area contributed by atoms with E-state index in [0.29, 0.717) is 19.8 Å². The Labute approximate surface area is 123 Å². The molecule has 116 valence electrons. The molecule has 1 aromatic rings. The summed E-state index contributed by atoms with van der Waals surface area (Å²) >= 11 is 1.62. The smallest absolute Gasteiger partial charge is 0.0897 e. The van der Waals surface area contributed by atoms with Crippen molar-refractivity contribution in [3.8, 4) is 0 Å². The first kappa shape index (κ1) is 17.5. The summed E-state index contributed by atoms with van der Waals surface area (Å²) < 4.78 is 10.4. The first-order chi connectivity index (χ1) is 9.67. The number of aliphatic hydroxyl groups excluding tert-OH is 2. The summed E-state index contributed by atoms with van der Waals surface area (Å²) in [4.78, 5) is 5.39. The first-order valence-electron chi connectivity index (χ1n) is 6.65. The normalized spacial score (nSPS) is 14.4. The van der Waals surface area contributed by atoms with E-state index in [1.165, 1.54) is 4.88 Å². The van der Waals surface area contributed by atoms with Crippen LogP contribution in [0.25, 0.3) is 0 Å². The van der Waals surface area contributed by atoms with Crippen molar-refractivity contribution < 1.29 is 19.7 Å². The van der Waals surface area contributed by atoms with Crippen LogP contribution in [0, 0.1) is 6.92 Å². The number of nitrogens with one attached hydrogen (secondary N) is 1. The number of rotatable bonds is 11. The lowest BCUT2D eigenvalue weighted by Crippen LogP contribution is -2.42. The van der Waals surface area contributed by atoms with Gasteiger partial charge in [-0.1, -0.05) is 0 Å². The number of aromatic nitrogens is 1. The Morgan fingerprint density at radius 1 is 1.45 bits per heavy atom. The first-order valence-corrected chi connectivity index (χ1v) is 7.53. The van der Waals surface area contributed by atoms with Crippen molar-refractivity contribution in [3.63, 3.8) is 0 Å². The number of aryl methyl sites for hydroxylation is 1. The van der Waals surface area contributed by atoms with Crippen LogP contribution in [0.5, 0.6) is 0 Å². The molecule has 0 aliphatic heterocycles. The number of methoxy groups -OCH3 is 1. The SMILES string of the molecule is COCC(CO)NCC(O)COCCc1scnc1C. The van der Waals surface area contributed by atoms with Crippen molar-refractivity contribution in [1.82, 2.24) is 10.3 Å². The van der Waals surface area contributed by atoms with Crippen LogP contribution < -0.4 is 5.32 Å². The Bertz CT molecular complexity index is 362. The molecule has 0 aliphatic rings. The molecule has 20 heavy (non-hydrogen) atoms. The van der Waals surface area contributed by atoms with E-state index in [0.717, 1.165) is 12.1 Å². The van der Waals surface area contributed by atoms with Gasteiger partial charge in [-0.15, -0.1) is 11.3 Å². The second kappa shape index (κ2) is 10.2. The quantitative estimate of drug-likeness (QED) is 0.498. The van der Waals surface area contributed by atoms with Crippen molar-refractivity contribution in [2.24, 2.45) is 0 Å². The molecule has 0 spiro atoms. The van der Waals surface area contributed by atoms with Gasteiger partial charge in [0.15, 0.2) is 0 Å². The van der Waals surface area contributed by atoms with Crippen LogP contribution in [0.4, 0.5) is 0 Å². The minimum Gasteiger partial charge on any atom is -0.395 e. The predicted octanol–water partition coefficient (Wildman–Crippen LogP) is -0.0316. The predicted molar refractivity (Wildman–Crippen MR) is 78.1 cm³/mol. The highest BCUT2D eigenvalue weighted by molar-refractivity contribution is 7.09. The molecule has 0 fully saturated rings. The molecule has 0 radical (unpaired) electrons. The Kier molecular flexibility index (Phi) is 8.92. The maximum absolute atomic E-state index is 9.75. The molecule has 0 saturated carbocycles. The summed E-state index contributed by atoms with van der Waals surface area (Å²) in [6.45, 7) is 3.59. The average molecular weight is 304 g/mol. The van der Waals surface area contributed by atoms with E-state index in [9.17, 15) is 5.11 Å². The third-order valence-electron chi connectivity index (χ3n) is 2.86. The fraction of sp³-hybridized carbons (Fsp3) is 0.769. The topological polar surface area (TPSA) is 83.8 Å². The van der Waals surface area contributed by atoms with Crippen LogP contribution in [-0.2, 0) is 15.9 Å². The van der Waals surface area contributed by atoms with Crippen LogP contribution in [-0.4, -0.2) is 67.4 Å². The fourth-order valence-electron chi connectivity index (χ4n) is 1.69. The zero-order valence-corrected chi connectivity index (χ0v) is 12.9. The van der Waals surface area contributed by atoms with Gasteiger partial charge in [-0.2, -0.15) is 0 Å². The lowest BCUT2D eigenvalue weighted by Gasteiger charge is -2.18. The van der Waals surface area contributed by atoms with Gasteiger partial charge in [-0.25, -0.2) is 4.98 Å². The summed E-state index contributed by atoms with van der Waals surface area (Å²) in [5, 5.41) is 21.8. The van der Waals surface area contributed by atoms with Crippen molar-refractivity contribution in [2.45, 2.75) is 25.5 Å². The summed E-state index contributed by atoms with van der Waals surface area (Å²) in [5.74, 6) is 0. The van der Waals surface area contributed by atoms with Gasteiger partial charge in [0.1, 0.15) is 0 Å². The molecule has 0 aromatic carbocycles. The molecule has 0 bridgehead atoms. The van der Waals surface area contributed by atoms with Crippen LogP contribution in [0.2, 0.25) is 0 Å². The van der Waals surface area contributed by atoms with Gasteiger partial charge in [-0.05, 0) is 6.92 Å². The number of thiazole rings is 1. The third kappa shape index (κ3) is 6.74. The van der Waals surface area contributed by atoms with E-state index < -0.39 is 6.10 Å². The van der Waals surface area contributed by atoms with Gasteiger partial charge in [0.05, 0.1) is 49.8 Å². The van der Waals surface area contributed by atoms with Gasteiger partial charge in [-0.3, -0.25) is 0 Å². The molecule has 6 nitrogen and oxygen atoms in total. The maximum atomic E-state index is 9.75. The summed E-state index contributed by atoms with van der Waals surface area (Å²) in [6, 6.07) is -0.158. The lowest BCUT2D eigenvalue weighted by atomic mass is 10.3. The molecule has 1 aromatic heterocycles. The number of hydrogen-bond donors (Lipinski definition) is 3.